The van der Waals surface area contributed by atoms with Crippen molar-refractivity contribution in [2.45, 2.75) is 0 Å². The number of carboxylic acid groups (broad SMARTS) is 1. The van der Waals surface area contributed by atoms with Crippen LogP contribution < -0.4 is 10.1 Å². The number of carbonyl (C=O) groups excluding carboxylic acids is 1. The summed E-state index contributed by atoms with van der Waals surface area (Å²) in [6, 6.07) is 10.7. The van der Waals surface area contributed by atoms with Crippen molar-refractivity contribution in [2.24, 2.45) is 0 Å². The van der Waals surface area contributed by atoms with Gasteiger partial charge >= 0.3 is 5.97 Å². The van der Waals surface area contributed by atoms with E-state index in [1.54, 1.807) is 0 Å². The van der Waals surface area contributed by atoms with Crippen LogP contribution in [0.2, 0.25) is 0 Å². The van der Waals surface area contributed by atoms with Crippen molar-refractivity contribution in [3.8, 4) is 16.9 Å². The Labute approximate surface area is 163 Å². The molecule has 3 aromatic carbocycles. The summed E-state index contributed by atoms with van der Waals surface area (Å²) in [6.45, 7) is 0. The van der Waals surface area contributed by atoms with E-state index in [-0.39, 0.29) is 28.0 Å². The molecule has 0 radical (unpaired) electrons. The molecule has 0 bridgehead atoms. The summed E-state index contributed by atoms with van der Waals surface area (Å²) >= 11 is 0. The van der Waals surface area contributed by atoms with E-state index in [1.807, 2.05) is 0 Å². The van der Waals surface area contributed by atoms with Crippen molar-refractivity contribution >= 4 is 17.6 Å². The molecule has 0 atom stereocenters. The van der Waals surface area contributed by atoms with Crippen LogP contribution in [0.1, 0.15) is 20.7 Å². The Morgan fingerprint density at radius 3 is 2.07 bits per heavy atom. The molecule has 0 saturated carbocycles. The largest absolute Gasteiger partial charge is 0.497 e. The van der Waals surface area contributed by atoms with Crippen LogP contribution in [0.4, 0.5) is 18.9 Å². The van der Waals surface area contributed by atoms with Crippen molar-refractivity contribution < 1.29 is 32.6 Å². The van der Waals surface area contributed by atoms with E-state index >= 15 is 0 Å². The molecule has 0 fully saturated rings. The van der Waals surface area contributed by atoms with Gasteiger partial charge in [0.05, 0.1) is 18.2 Å². The van der Waals surface area contributed by atoms with Gasteiger partial charge in [0, 0.05) is 6.07 Å². The fourth-order valence-corrected chi connectivity index (χ4v) is 2.75. The average molecular weight is 401 g/mol. The topological polar surface area (TPSA) is 75.6 Å². The molecule has 0 unspecified atom stereocenters. The third-order valence-corrected chi connectivity index (χ3v) is 4.12. The molecule has 0 spiro atoms. The summed E-state index contributed by atoms with van der Waals surface area (Å²) in [7, 11) is 1.33. The lowest BCUT2D eigenvalue weighted by atomic mass is 10.0. The van der Waals surface area contributed by atoms with Gasteiger partial charge in [0.15, 0.2) is 0 Å². The highest BCUT2D eigenvalue weighted by atomic mass is 19.1. The second-order valence-electron chi connectivity index (χ2n) is 6.00. The van der Waals surface area contributed by atoms with Crippen LogP contribution in [0, 0.1) is 17.5 Å². The van der Waals surface area contributed by atoms with Gasteiger partial charge < -0.3 is 15.2 Å². The lowest BCUT2D eigenvalue weighted by Crippen LogP contribution is -2.18. The molecule has 0 aromatic heterocycles. The number of anilines is 1. The second kappa shape index (κ2) is 8.05. The summed E-state index contributed by atoms with van der Waals surface area (Å²) in [5, 5.41) is 11.2. The molecule has 5 nitrogen and oxygen atoms in total. The van der Waals surface area contributed by atoms with Crippen LogP contribution in [0.25, 0.3) is 11.1 Å². The number of hydrogen-bond acceptors (Lipinski definition) is 3. The van der Waals surface area contributed by atoms with Crippen LogP contribution in [-0.2, 0) is 0 Å². The number of amides is 1. The molecule has 148 valence electrons. The summed E-state index contributed by atoms with van der Waals surface area (Å²) in [5.74, 6) is -5.03. The van der Waals surface area contributed by atoms with Gasteiger partial charge in [0.25, 0.3) is 5.91 Å². The minimum absolute atomic E-state index is 0.0294. The maximum absolute atomic E-state index is 14.5. The second-order valence-corrected chi connectivity index (χ2v) is 6.00. The predicted molar refractivity (Wildman–Crippen MR) is 99.7 cm³/mol. The zero-order valence-electron chi connectivity index (χ0n) is 15.0. The molecule has 1 amide bonds. The molecule has 0 aliphatic heterocycles. The standard InChI is InChI=1S/C21H14F3NO4/c1-29-14-7-11(6-13(22)10-14)12-8-17(23)19(18(24)9-12)25-20(26)15-4-2-3-5-16(15)21(27)28/h2-10H,1H3,(H,25,26)(H,27,28). The van der Waals surface area contributed by atoms with Gasteiger partial charge in [-0.25, -0.2) is 18.0 Å². The Morgan fingerprint density at radius 1 is 0.897 bits per heavy atom. The van der Waals surface area contributed by atoms with Crippen LogP contribution in [0.5, 0.6) is 5.75 Å². The molecule has 0 saturated heterocycles. The van der Waals surface area contributed by atoms with Gasteiger partial charge in [-0.3, -0.25) is 4.79 Å². The first-order chi connectivity index (χ1) is 13.8. The van der Waals surface area contributed by atoms with Crippen molar-refractivity contribution in [1.82, 2.24) is 0 Å². The van der Waals surface area contributed by atoms with E-state index in [2.05, 4.69) is 5.32 Å². The van der Waals surface area contributed by atoms with Gasteiger partial charge in [-0.1, -0.05) is 12.1 Å². The third kappa shape index (κ3) is 4.21. The third-order valence-electron chi connectivity index (χ3n) is 4.12. The number of carboxylic acids is 1. The first-order valence-corrected chi connectivity index (χ1v) is 8.28. The molecule has 0 aliphatic carbocycles. The normalized spacial score (nSPS) is 10.5. The number of halogens is 3. The fourth-order valence-electron chi connectivity index (χ4n) is 2.75. The SMILES string of the molecule is COc1cc(F)cc(-c2cc(F)c(NC(=O)c3ccccc3C(=O)O)c(F)c2)c1. The number of hydrogen-bond donors (Lipinski definition) is 2. The maximum Gasteiger partial charge on any atom is 0.336 e. The van der Waals surface area contributed by atoms with Gasteiger partial charge in [-0.2, -0.15) is 0 Å². The maximum atomic E-state index is 14.5. The van der Waals surface area contributed by atoms with Crippen molar-refractivity contribution in [2.75, 3.05) is 12.4 Å². The Hall–Kier alpha value is -3.81. The molecule has 3 rings (SSSR count). The number of carbonyl (C=O) groups is 2. The van der Waals surface area contributed by atoms with E-state index in [1.165, 1.54) is 37.4 Å². The zero-order chi connectivity index (χ0) is 21.1. The Morgan fingerprint density at radius 2 is 1.48 bits per heavy atom. The van der Waals surface area contributed by atoms with Crippen molar-refractivity contribution in [3.05, 3.63) is 83.2 Å². The lowest BCUT2D eigenvalue weighted by molar-refractivity contribution is 0.0692. The molecule has 0 heterocycles. The number of rotatable bonds is 5. The Bertz CT molecular complexity index is 1090. The smallest absolute Gasteiger partial charge is 0.336 e. The first-order valence-electron chi connectivity index (χ1n) is 8.28. The van der Waals surface area contributed by atoms with Crippen molar-refractivity contribution in [3.63, 3.8) is 0 Å². The average Bonchev–Trinajstić information content (AvgIpc) is 2.69. The highest BCUT2D eigenvalue weighted by Gasteiger charge is 2.20. The summed E-state index contributed by atoms with van der Waals surface area (Å²) in [6.07, 6.45) is 0. The van der Waals surface area contributed by atoms with E-state index in [9.17, 15) is 22.8 Å². The number of nitrogens with one attached hydrogen (secondary N) is 1. The van der Waals surface area contributed by atoms with Gasteiger partial charge in [0.1, 0.15) is 28.9 Å². The van der Waals surface area contributed by atoms with Crippen LogP contribution in [-0.4, -0.2) is 24.1 Å². The van der Waals surface area contributed by atoms with Gasteiger partial charge in [0.2, 0.25) is 0 Å². The minimum Gasteiger partial charge on any atom is -0.497 e. The molecule has 29 heavy (non-hydrogen) atoms. The number of ether oxygens (including phenoxy) is 1. The van der Waals surface area contributed by atoms with Gasteiger partial charge in [-0.05, 0) is 47.5 Å². The Kier molecular flexibility index (Phi) is 5.54. The Balaban J connectivity index is 1.96. The van der Waals surface area contributed by atoms with Crippen LogP contribution in [0.15, 0.2) is 54.6 Å². The van der Waals surface area contributed by atoms with E-state index in [0.29, 0.717) is 0 Å². The fraction of sp³-hybridized carbons (Fsp3) is 0.0476. The number of benzene rings is 3. The van der Waals surface area contributed by atoms with E-state index in [0.717, 1.165) is 24.3 Å². The monoisotopic (exact) mass is 401 g/mol. The van der Waals surface area contributed by atoms with Gasteiger partial charge in [-0.15, -0.1) is 0 Å². The van der Waals surface area contributed by atoms with Crippen LogP contribution >= 0.6 is 0 Å². The highest BCUT2D eigenvalue weighted by Crippen LogP contribution is 2.30. The number of aromatic carboxylic acids is 1. The molecule has 3 aromatic rings. The van der Waals surface area contributed by atoms with E-state index in [4.69, 9.17) is 9.84 Å². The summed E-state index contributed by atoms with van der Waals surface area (Å²) in [4.78, 5) is 23.6. The quantitative estimate of drug-likeness (QED) is 0.648. The zero-order valence-corrected chi connectivity index (χ0v) is 15.0. The number of methoxy groups -OCH3 is 1. The first kappa shape index (κ1) is 19.9. The lowest BCUT2D eigenvalue weighted by Gasteiger charge is -2.12. The minimum atomic E-state index is -1.35. The van der Waals surface area contributed by atoms with Crippen molar-refractivity contribution in [1.29, 1.82) is 0 Å². The molecule has 0 aliphatic rings. The molecule has 2 N–H and O–H groups in total. The summed E-state index contributed by atoms with van der Waals surface area (Å²) < 4.78 is 47.6. The predicted octanol–water partition coefficient (Wildman–Crippen LogP) is 4.73. The molecular weight excluding hydrogens is 387 g/mol. The molecular formula is C21H14F3NO4. The van der Waals surface area contributed by atoms with E-state index < -0.39 is 35.0 Å². The van der Waals surface area contributed by atoms with Crippen LogP contribution in [0.3, 0.4) is 0 Å². The highest BCUT2D eigenvalue weighted by molar-refractivity contribution is 6.10. The molecule has 8 heteroatoms. The summed E-state index contributed by atoms with van der Waals surface area (Å²) in [5.41, 5.74) is -1.11.